The van der Waals surface area contributed by atoms with Gasteiger partial charge in [0, 0.05) is 34.9 Å². The van der Waals surface area contributed by atoms with Crippen LogP contribution in [0.3, 0.4) is 0 Å². The van der Waals surface area contributed by atoms with Crippen molar-refractivity contribution in [1.29, 1.82) is 5.41 Å². The molecule has 0 unspecified atom stereocenters. The summed E-state index contributed by atoms with van der Waals surface area (Å²) in [5, 5.41) is 10.8. The molecular weight excluding hydrogens is 340 g/mol. The fourth-order valence-electron chi connectivity index (χ4n) is 2.55. The summed E-state index contributed by atoms with van der Waals surface area (Å²) in [6.07, 6.45) is 6.63. The smallest absolute Gasteiger partial charge is 0.221 e. The van der Waals surface area contributed by atoms with Gasteiger partial charge in [-0.2, -0.15) is 4.98 Å². The van der Waals surface area contributed by atoms with E-state index in [0.717, 1.165) is 22.6 Å². The Labute approximate surface area is 157 Å². The second-order valence-corrected chi connectivity index (χ2v) is 5.75. The predicted octanol–water partition coefficient (Wildman–Crippen LogP) is 3.56. The van der Waals surface area contributed by atoms with Crippen molar-refractivity contribution in [2.45, 2.75) is 0 Å². The van der Waals surface area contributed by atoms with Crippen LogP contribution >= 0.6 is 0 Å². The summed E-state index contributed by atoms with van der Waals surface area (Å²) in [6, 6.07) is 13.1. The van der Waals surface area contributed by atoms with E-state index in [1.165, 1.54) is 6.21 Å². The third-order valence-corrected chi connectivity index (χ3v) is 3.90. The van der Waals surface area contributed by atoms with E-state index in [2.05, 4.69) is 15.3 Å². The summed E-state index contributed by atoms with van der Waals surface area (Å²) in [5.41, 5.74) is 15.4. The van der Waals surface area contributed by atoms with Gasteiger partial charge in [-0.05, 0) is 35.9 Å². The number of anilines is 4. The molecule has 7 nitrogen and oxygen atoms in total. The molecule has 0 saturated heterocycles. The minimum Gasteiger partial charge on any atom is -0.497 e. The van der Waals surface area contributed by atoms with E-state index < -0.39 is 0 Å². The van der Waals surface area contributed by atoms with Crippen LogP contribution in [0.1, 0.15) is 16.7 Å². The number of hydrogen-bond donors (Lipinski definition) is 4. The Morgan fingerprint density at radius 1 is 1.07 bits per heavy atom. The summed E-state index contributed by atoms with van der Waals surface area (Å²) < 4.78 is 5.24. The number of nitrogens with one attached hydrogen (secondary N) is 2. The Bertz CT molecular complexity index is 1000. The van der Waals surface area contributed by atoms with E-state index in [0.29, 0.717) is 17.1 Å². The highest BCUT2D eigenvalue weighted by Gasteiger charge is 2.06. The van der Waals surface area contributed by atoms with Gasteiger partial charge in [0.15, 0.2) is 0 Å². The van der Waals surface area contributed by atoms with Gasteiger partial charge in [0.05, 0.1) is 7.11 Å². The number of hydrogen-bond acceptors (Lipinski definition) is 7. The van der Waals surface area contributed by atoms with Gasteiger partial charge in [0.1, 0.15) is 11.6 Å². The highest BCUT2D eigenvalue weighted by atomic mass is 16.5. The Hall–Kier alpha value is -3.87. The SMILES string of the molecule is COc1cccc(/C=C/c2cc(Nc3ccnc(N)n3)cc(C=N)c2N)c1. The Morgan fingerprint density at radius 3 is 2.63 bits per heavy atom. The van der Waals surface area contributed by atoms with E-state index in [-0.39, 0.29) is 5.95 Å². The van der Waals surface area contributed by atoms with Crippen LogP contribution in [0.25, 0.3) is 12.2 Å². The van der Waals surface area contributed by atoms with E-state index in [1.807, 2.05) is 42.5 Å². The molecule has 6 N–H and O–H groups in total. The molecule has 0 radical (unpaired) electrons. The highest BCUT2D eigenvalue weighted by Crippen LogP contribution is 2.26. The van der Waals surface area contributed by atoms with E-state index in [1.54, 1.807) is 25.4 Å². The first-order valence-electron chi connectivity index (χ1n) is 8.20. The normalized spacial score (nSPS) is 10.7. The molecule has 3 rings (SSSR count). The fourth-order valence-corrected chi connectivity index (χ4v) is 2.55. The molecule has 0 aliphatic carbocycles. The lowest BCUT2D eigenvalue weighted by atomic mass is 10.0. The zero-order chi connectivity index (χ0) is 19.2. The van der Waals surface area contributed by atoms with Gasteiger partial charge in [-0.15, -0.1) is 0 Å². The lowest BCUT2D eigenvalue weighted by Gasteiger charge is -2.11. The number of rotatable bonds is 6. The first kappa shape index (κ1) is 17.9. The summed E-state index contributed by atoms with van der Waals surface area (Å²) in [4.78, 5) is 8.00. The maximum atomic E-state index is 7.62. The molecular formula is C20H20N6O. The van der Waals surface area contributed by atoms with Crippen molar-refractivity contribution in [2.75, 3.05) is 23.9 Å². The van der Waals surface area contributed by atoms with Gasteiger partial charge < -0.3 is 26.9 Å². The van der Waals surface area contributed by atoms with Crippen LogP contribution in [0, 0.1) is 5.41 Å². The second-order valence-electron chi connectivity index (χ2n) is 5.75. The topological polar surface area (TPSA) is 123 Å². The number of aromatic nitrogens is 2. The highest BCUT2D eigenvalue weighted by molar-refractivity contribution is 5.92. The molecule has 0 atom stereocenters. The Morgan fingerprint density at radius 2 is 1.89 bits per heavy atom. The van der Waals surface area contributed by atoms with E-state index in [4.69, 9.17) is 21.6 Å². The van der Waals surface area contributed by atoms with Crippen molar-refractivity contribution in [3.63, 3.8) is 0 Å². The molecule has 0 aliphatic rings. The van der Waals surface area contributed by atoms with Crippen molar-refractivity contribution >= 4 is 41.5 Å². The van der Waals surface area contributed by atoms with Crippen LogP contribution in [-0.2, 0) is 0 Å². The standard InChI is InChI=1S/C20H20N6O/c1-27-17-4-2-3-13(9-17)5-6-14-10-16(11-15(12-21)19(14)22)25-18-7-8-24-20(23)26-18/h2-12,21H,22H2,1H3,(H3,23,24,25,26)/b6-5+,21-12?. The maximum absolute atomic E-state index is 7.62. The lowest BCUT2D eigenvalue weighted by molar-refractivity contribution is 0.414. The van der Waals surface area contributed by atoms with Crippen molar-refractivity contribution in [3.05, 3.63) is 65.4 Å². The molecule has 3 aromatic rings. The van der Waals surface area contributed by atoms with Crippen LogP contribution < -0.4 is 21.5 Å². The van der Waals surface area contributed by atoms with Gasteiger partial charge in [0.2, 0.25) is 5.95 Å². The molecule has 0 saturated carbocycles. The van der Waals surface area contributed by atoms with Gasteiger partial charge >= 0.3 is 0 Å². The number of ether oxygens (including phenoxy) is 1. The number of nitrogen functional groups attached to an aromatic ring is 2. The maximum Gasteiger partial charge on any atom is 0.221 e. The van der Waals surface area contributed by atoms with Crippen molar-refractivity contribution in [2.24, 2.45) is 0 Å². The number of benzene rings is 2. The average Bonchev–Trinajstić information content (AvgIpc) is 2.68. The zero-order valence-corrected chi connectivity index (χ0v) is 14.8. The van der Waals surface area contributed by atoms with E-state index >= 15 is 0 Å². The van der Waals surface area contributed by atoms with Gasteiger partial charge in [-0.1, -0.05) is 24.3 Å². The average molecular weight is 360 g/mol. The first-order chi connectivity index (χ1) is 13.1. The minimum atomic E-state index is 0.181. The molecule has 27 heavy (non-hydrogen) atoms. The molecule has 7 heteroatoms. The van der Waals surface area contributed by atoms with Crippen LogP contribution in [0.4, 0.5) is 23.1 Å². The monoisotopic (exact) mass is 360 g/mol. The summed E-state index contributed by atoms with van der Waals surface area (Å²) >= 11 is 0. The van der Waals surface area contributed by atoms with Crippen LogP contribution in [-0.4, -0.2) is 23.3 Å². The van der Waals surface area contributed by atoms with Crippen molar-refractivity contribution < 1.29 is 4.74 Å². The van der Waals surface area contributed by atoms with Crippen molar-refractivity contribution in [1.82, 2.24) is 9.97 Å². The van der Waals surface area contributed by atoms with E-state index in [9.17, 15) is 0 Å². The van der Waals surface area contributed by atoms with Crippen LogP contribution in [0.2, 0.25) is 0 Å². The lowest BCUT2D eigenvalue weighted by Crippen LogP contribution is -2.02. The van der Waals surface area contributed by atoms with Crippen LogP contribution in [0.5, 0.6) is 5.75 Å². The molecule has 0 amide bonds. The van der Waals surface area contributed by atoms with Gasteiger partial charge in [0.25, 0.3) is 0 Å². The number of methoxy groups -OCH3 is 1. The summed E-state index contributed by atoms with van der Waals surface area (Å²) in [5.74, 6) is 1.52. The first-order valence-corrected chi connectivity index (χ1v) is 8.20. The summed E-state index contributed by atoms with van der Waals surface area (Å²) in [6.45, 7) is 0. The molecule has 1 aromatic heterocycles. The van der Waals surface area contributed by atoms with Gasteiger partial charge in [-0.3, -0.25) is 0 Å². The molecule has 136 valence electrons. The molecule has 0 aliphatic heterocycles. The molecule has 0 bridgehead atoms. The molecule has 0 fully saturated rings. The molecule has 0 spiro atoms. The third kappa shape index (κ3) is 4.40. The predicted molar refractivity (Wildman–Crippen MR) is 110 cm³/mol. The van der Waals surface area contributed by atoms with Gasteiger partial charge in [-0.25, -0.2) is 4.98 Å². The number of nitrogens with zero attached hydrogens (tertiary/aromatic N) is 2. The third-order valence-electron chi connectivity index (χ3n) is 3.90. The van der Waals surface area contributed by atoms with Crippen molar-refractivity contribution in [3.8, 4) is 5.75 Å². The quantitative estimate of drug-likeness (QED) is 0.303. The zero-order valence-electron chi connectivity index (χ0n) is 14.8. The molecule has 2 aromatic carbocycles. The second kappa shape index (κ2) is 8.01. The largest absolute Gasteiger partial charge is 0.497 e. The molecule has 1 heterocycles. The fraction of sp³-hybridized carbons (Fsp3) is 0.0500. The number of nitrogens with two attached hydrogens (primary N) is 2. The minimum absolute atomic E-state index is 0.181. The Balaban J connectivity index is 1.94. The summed E-state index contributed by atoms with van der Waals surface area (Å²) in [7, 11) is 1.63. The van der Waals surface area contributed by atoms with Crippen LogP contribution in [0.15, 0.2) is 48.7 Å². The Kier molecular flexibility index (Phi) is 5.32.